The molecule has 0 saturated carbocycles. The van der Waals surface area contributed by atoms with Crippen LogP contribution in [0.1, 0.15) is 10.5 Å². The number of benzene rings is 2. The highest BCUT2D eigenvalue weighted by atomic mass is 16.1. The van der Waals surface area contributed by atoms with Gasteiger partial charge >= 0.3 is 0 Å². The summed E-state index contributed by atoms with van der Waals surface area (Å²) in [5, 5.41) is 5.89. The van der Waals surface area contributed by atoms with E-state index in [1.54, 1.807) is 6.20 Å². The lowest BCUT2D eigenvalue weighted by Crippen LogP contribution is -2.14. The van der Waals surface area contributed by atoms with E-state index in [-0.39, 0.29) is 11.6 Å². The largest absolute Gasteiger partial charge is 0.339 e. The molecular weight excluding hydrogens is 276 g/mol. The van der Waals surface area contributed by atoms with Crippen LogP contribution in [0.15, 0.2) is 73.1 Å². The molecule has 5 heteroatoms. The highest BCUT2D eigenvalue weighted by Gasteiger charge is 2.09. The minimum Gasteiger partial charge on any atom is -0.339 e. The molecule has 0 radical (unpaired) electrons. The molecule has 2 aromatic carbocycles. The van der Waals surface area contributed by atoms with Gasteiger partial charge in [0.2, 0.25) is 0 Å². The van der Waals surface area contributed by atoms with Gasteiger partial charge in [-0.15, -0.1) is 0 Å². The molecule has 0 fully saturated rings. The predicted molar refractivity (Wildman–Crippen MR) is 86.2 cm³/mol. The fourth-order valence-electron chi connectivity index (χ4n) is 1.92. The molecule has 108 valence electrons. The monoisotopic (exact) mass is 290 g/mol. The normalized spacial score (nSPS) is 10.0. The summed E-state index contributed by atoms with van der Waals surface area (Å²) in [5.74, 6) is 0.224. The van der Waals surface area contributed by atoms with Gasteiger partial charge in [-0.1, -0.05) is 36.4 Å². The van der Waals surface area contributed by atoms with Gasteiger partial charge in [-0.3, -0.25) is 9.78 Å². The first kappa shape index (κ1) is 13.8. The van der Waals surface area contributed by atoms with Crippen LogP contribution in [0, 0.1) is 0 Å². The highest BCUT2D eigenvalue weighted by Crippen LogP contribution is 2.13. The Morgan fingerprint density at radius 3 is 2.14 bits per heavy atom. The topological polar surface area (TPSA) is 66.9 Å². The fourth-order valence-corrected chi connectivity index (χ4v) is 1.92. The van der Waals surface area contributed by atoms with Gasteiger partial charge in [0.15, 0.2) is 0 Å². The second-order valence-electron chi connectivity index (χ2n) is 4.60. The third-order valence-corrected chi connectivity index (χ3v) is 2.95. The van der Waals surface area contributed by atoms with E-state index in [0.717, 1.165) is 11.4 Å². The van der Waals surface area contributed by atoms with Crippen molar-refractivity contribution in [2.75, 3.05) is 10.6 Å². The molecule has 1 amide bonds. The molecule has 0 aliphatic rings. The SMILES string of the molecule is O=C(Nc1ccccc1)c1cncc(Nc2ccccc2)n1. The molecule has 3 aromatic rings. The second-order valence-corrected chi connectivity index (χ2v) is 4.60. The number of nitrogens with zero attached hydrogens (tertiary/aromatic N) is 2. The zero-order valence-electron chi connectivity index (χ0n) is 11.7. The van der Waals surface area contributed by atoms with Gasteiger partial charge in [-0.25, -0.2) is 4.98 Å². The highest BCUT2D eigenvalue weighted by molar-refractivity contribution is 6.02. The van der Waals surface area contributed by atoms with Gasteiger partial charge in [0, 0.05) is 11.4 Å². The Bertz CT molecular complexity index is 760. The summed E-state index contributed by atoms with van der Waals surface area (Å²) in [5.41, 5.74) is 1.86. The number of nitrogens with one attached hydrogen (secondary N) is 2. The minimum atomic E-state index is -0.296. The lowest BCUT2D eigenvalue weighted by molar-refractivity contribution is 0.102. The summed E-state index contributed by atoms with van der Waals surface area (Å²) in [7, 11) is 0. The number of hydrogen-bond donors (Lipinski definition) is 2. The molecule has 0 aliphatic heterocycles. The minimum absolute atomic E-state index is 0.254. The van der Waals surface area contributed by atoms with Crippen LogP contribution in [-0.4, -0.2) is 15.9 Å². The van der Waals surface area contributed by atoms with E-state index in [0.29, 0.717) is 5.82 Å². The average molecular weight is 290 g/mol. The number of hydrogen-bond acceptors (Lipinski definition) is 4. The number of para-hydroxylation sites is 2. The van der Waals surface area contributed by atoms with Gasteiger partial charge < -0.3 is 10.6 Å². The third-order valence-electron chi connectivity index (χ3n) is 2.95. The Morgan fingerprint density at radius 1 is 0.818 bits per heavy atom. The van der Waals surface area contributed by atoms with Crippen molar-refractivity contribution in [3.8, 4) is 0 Å². The standard InChI is InChI=1S/C17H14N4O/c22-17(20-14-9-5-2-6-10-14)15-11-18-12-16(21-15)19-13-7-3-1-4-8-13/h1-12H,(H,19,21)(H,20,22). The molecule has 22 heavy (non-hydrogen) atoms. The van der Waals surface area contributed by atoms with Crippen LogP contribution >= 0.6 is 0 Å². The Labute approximate surface area is 128 Å². The molecule has 1 heterocycles. The van der Waals surface area contributed by atoms with E-state index in [9.17, 15) is 4.79 Å². The first-order chi connectivity index (χ1) is 10.8. The molecule has 5 nitrogen and oxygen atoms in total. The summed E-state index contributed by atoms with van der Waals surface area (Å²) in [6.07, 6.45) is 3.01. The van der Waals surface area contributed by atoms with Crippen LogP contribution in [-0.2, 0) is 0 Å². The summed E-state index contributed by atoms with van der Waals surface area (Å²) < 4.78 is 0. The van der Waals surface area contributed by atoms with Crippen molar-refractivity contribution in [2.24, 2.45) is 0 Å². The van der Waals surface area contributed by atoms with Crippen molar-refractivity contribution in [1.82, 2.24) is 9.97 Å². The first-order valence-electron chi connectivity index (χ1n) is 6.82. The Morgan fingerprint density at radius 2 is 1.45 bits per heavy atom. The van der Waals surface area contributed by atoms with Gasteiger partial charge in [-0.2, -0.15) is 0 Å². The van der Waals surface area contributed by atoms with Gasteiger partial charge in [0.25, 0.3) is 5.91 Å². The smallest absolute Gasteiger partial charge is 0.275 e. The Balaban J connectivity index is 1.75. The van der Waals surface area contributed by atoms with Crippen molar-refractivity contribution in [1.29, 1.82) is 0 Å². The molecule has 0 spiro atoms. The lowest BCUT2D eigenvalue weighted by Gasteiger charge is -2.07. The van der Waals surface area contributed by atoms with Crippen LogP contribution in [0.25, 0.3) is 0 Å². The van der Waals surface area contributed by atoms with Crippen molar-refractivity contribution < 1.29 is 4.79 Å². The van der Waals surface area contributed by atoms with E-state index >= 15 is 0 Å². The van der Waals surface area contributed by atoms with E-state index in [1.165, 1.54) is 6.20 Å². The van der Waals surface area contributed by atoms with Gasteiger partial charge in [0.1, 0.15) is 11.5 Å². The Hall–Kier alpha value is -3.21. The van der Waals surface area contributed by atoms with Crippen molar-refractivity contribution in [3.05, 3.63) is 78.8 Å². The van der Waals surface area contributed by atoms with Crippen molar-refractivity contribution in [3.63, 3.8) is 0 Å². The number of carbonyl (C=O) groups excluding carboxylic acids is 1. The molecule has 0 atom stereocenters. The van der Waals surface area contributed by atoms with Crippen molar-refractivity contribution in [2.45, 2.75) is 0 Å². The summed E-state index contributed by atoms with van der Waals surface area (Å²) in [6.45, 7) is 0. The number of carbonyl (C=O) groups is 1. The van der Waals surface area contributed by atoms with E-state index in [1.807, 2.05) is 60.7 Å². The van der Waals surface area contributed by atoms with Crippen molar-refractivity contribution >= 4 is 23.1 Å². The molecular formula is C17H14N4O. The van der Waals surface area contributed by atoms with E-state index in [4.69, 9.17) is 0 Å². The van der Waals surface area contributed by atoms with Gasteiger partial charge in [-0.05, 0) is 24.3 Å². The Kier molecular flexibility index (Phi) is 4.06. The number of aromatic nitrogens is 2. The number of anilines is 3. The number of amides is 1. The maximum absolute atomic E-state index is 12.2. The van der Waals surface area contributed by atoms with Crippen LogP contribution in [0.2, 0.25) is 0 Å². The maximum Gasteiger partial charge on any atom is 0.275 e. The lowest BCUT2D eigenvalue weighted by atomic mass is 10.3. The third kappa shape index (κ3) is 3.46. The number of rotatable bonds is 4. The van der Waals surface area contributed by atoms with Gasteiger partial charge in [0.05, 0.1) is 12.4 Å². The summed E-state index contributed by atoms with van der Waals surface area (Å²) in [6, 6.07) is 18.8. The van der Waals surface area contributed by atoms with E-state index < -0.39 is 0 Å². The van der Waals surface area contributed by atoms with E-state index in [2.05, 4.69) is 20.6 Å². The van der Waals surface area contributed by atoms with Crippen LogP contribution < -0.4 is 10.6 Å². The van der Waals surface area contributed by atoms with Crippen LogP contribution in [0.3, 0.4) is 0 Å². The maximum atomic E-state index is 12.2. The molecule has 0 aliphatic carbocycles. The first-order valence-corrected chi connectivity index (χ1v) is 6.82. The fraction of sp³-hybridized carbons (Fsp3) is 0. The molecule has 0 unspecified atom stereocenters. The second kappa shape index (κ2) is 6.49. The molecule has 2 N–H and O–H groups in total. The quantitative estimate of drug-likeness (QED) is 0.772. The zero-order valence-corrected chi connectivity index (χ0v) is 11.7. The molecule has 0 bridgehead atoms. The average Bonchev–Trinajstić information content (AvgIpc) is 2.57. The summed E-state index contributed by atoms with van der Waals surface area (Å²) >= 11 is 0. The summed E-state index contributed by atoms with van der Waals surface area (Å²) in [4.78, 5) is 20.5. The molecule has 0 saturated heterocycles. The predicted octanol–water partition coefficient (Wildman–Crippen LogP) is 3.47. The van der Waals surface area contributed by atoms with Crippen LogP contribution in [0.4, 0.5) is 17.2 Å². The molecule has 1 aromatic heterocycles. The zero-order chi connectivity index (χ0) is 15.2. The van der Waals surface area contributed by atoms with Crippen LogP contribution in [0.5, 0.6) is 0 Å². The molecule has 3 rings (SSSR count).